The molecule has 6 nitrogen and oxygen atoms in total. The zero-order chi connectivity index (χ0) is 13.2. The highest BCUT2D eigenvalue weighted by Crippen LogP contribution is 2.34. The Kier molecular flexibility index (Phi) is 3.30. The lowest BCUT2D eigenvalue weighted by Crippen LogP contribution is -2.15. The van der Waals surface area contributed by atoms with Gasteiger partial charge in [0.15, 0.2) is 0 Å². The van der Waals surface area contributed by atoms with E-state index in [0.717, 1.165) is 13.2 Å². The van der Waals surface area contributed by atoms with Gasteiger partial charge in [-0.25, -0.2) is 9.78 Å². The standard InChI is InChI=1S/C8H5F3N2O4/c1-17-7(14)4-2-3-5(13(15)16)6(12-4)8(9,10)11/h2-3H,1H3. The van der Waals surface area contributed by atoms with E-state index in [2.05, 4.69) is 9.72 Å². The maximum atomic E-state index is 12.4. The molecular formula is C8H5F3N2O4. The number of pyridine rings is 1. The van der Waals surface area contributed by atoms with Crippen LogP contribution in [0.4, 0.5) is 18.9 Å². The van der Waals surface area contributed by atoms with E-state index in [-0.39, 0.29) is 0 Å². The van der Waals surface area contributed by atoms with Crippen molar-refractivity contribution in [2.45, 2.75) is 6.18 Å². The van der Waals surface area contributed by atoms with Crippen molar-refractivity contribution in [3.63, 3.8) is 0 Å². The highest BCUT2D eigenvalue weighted by Gasteiger charge is 2.41. The Balaban J connectivity index is 3.40. The van der Waals surface area contributed by atoms with Crippen LogP contribution in [0.5, 0.6) is 0 Å². The normalized spacial score (nSPS) is 11.1. The van der Waals surface area contributed by atoms with E-state index in [1.54, 1.807) is 0 Å². The molecule has 92 valence electrons. The zero-order valence-electron chi connectivity index (χ0n) is 8.32. The number of ether oxygens (including phenoxy) is 1. The van der Waals surface area contributed by atoms with E-state index in [1.165, 1.54) is 0 Å². The van der Waals surface area contributed by atoms with Crippen molar-refractivity contribution < 1.29 is 27.6 Å². The molecule has 9 heteroatoms. The molecule has 1 heterocycles. The van der Waals surface area contributed by atoms with Gasteiger partial charge in [0, 0.05) is 6.07 Å². The minimum absolute atomic E-state index is 0.558. The second-order valence-electron chi connectivity index (χ2n) is 2.81. The first-order chi connectivity index (χ1) is 7.77. The summed E-state index contributed by atoms with van der Waals surface area (Å²) in [5, 5.41) is 10.4. The molecule has 0 aliphatic rings. The molecule has 0 saturated carbocycles. The third-order valence-electron chi connectivity index (χ3n) is 1.73. The van der Waals surface area contributed by atoms with Crippen molar-refractivity contribution in [1.82, 2.24) is 4.98 Å². The summed E-state index contributed by atoms with van der Waals surface area (Å²) in [5.74, 6) is -1.11. The first kappa shape index (κ1) is 12.9. The average Bonchev–Trinajstić information content (AvgIpc) is 2.25. The van der Waals surface area contributed by atoms with Gasteiger partial charge in [0.05, 0.1) is 12.0 Å². The van der Waals surface area contributed by atoms with E-state index < -0.39 is 34.1 Å². The Labute approximate surface area is 92.2 Å². The maximum Gasteiger partial charge on any atom is 0.440 e. The quantitative estimate of drug-likeness (QED) is 0.454. The summed E-state index contributed by atoms with van der Waals surface area (Å²) in [7, 11) is 0.957. The van der Waals surface area contributed by atoms with Crippen LogP contribution >= 0.6 is 0 Å². The Bertz CT molecular complexity index is 472. The third-order valence-corrected chi connectivity index (χ3v) is 1.73. The van der Waals surface area contributed by atoms with Gasteiger partial charge in [-0.2, -0.15) is 13.2 Å². The number of esters is 1. The summed E-state index contributed by atoms with van der Waals surface area (Å²) in [6.45, 7) is 0. The second-order valence-corrected chi connectivity index (χ2v) is 2.81. The second kappa shape index (κ2) is 4.36. The van der Waals surface area contributed by atoms with Crippen molar-refractivity contribution >= 4 is 11.7 Å². The number of hydrogen-bond acceptors (Lipinski definition) is 5. The number of nitrogens with zero attached hydrogens (tertiary/aromatic N) is 2. The number of halogens is 3. The SMILES string of the molecule is COC(=O)c1ccc([N+](=O)[O-])c(C(F)(F)F)n1. The van der Waals surface area contributed by atoms with Crippen molar-refractivity contribution in [3.8, 4) is 0 Å². The summed E-state index contributed by atoms with van der Waals surface area (Å²) in [6.07, 6.45) is -5.02. The van der Waals surface area contributed by atoms with Crippen LogP contribution < -0.4 is 0 Å². The molecule has 17 heavy (non-hydrogen) atoms. The molecule has 1 aromatic heterocycles. The number of aromatic nitrogens is 1. The first-order valence-electron chi connectivity index (χ1n) is 4.08. The Morgan fingerprint density at radius 3 is 2.47 bits per heavy atom. The minimum atomic E-state index is -5.02. The number of nitro groups is 1. The fourth-order valence-corrected chi connectivity index (χ4v) is 1.03. The van der Waals surface area contributed by atoms with Crippen LogP contribution in [0.15, 0.2) is 12.1 Å². The van der Waals surface area contributed by atoms with Gasteiger partial charge in [0.25, 0.3) is 5.69 Å². The van der Waals surface area contributed by atoms with E-state index in [1.807, 2.05) is 0 Å². The predicted octanol–water partition coefficient (Wildman–Crippen LogP) is 1.80. The summed E-state index contributed by atoms with van der Waals surface area (Å²) in [5.41, 5.74) is -3.60. The lowest BCUT2D eigenvalue weighted by Gasteiger charge is -2.07. The molecular weight excluding hydrogens is 245 g/mol. The third kappa shape index (κ3) is 2.68. The van der Waals surface area contributed by atoms with E-state index >= 15 is 0 Å². The van der Waals surface area contributed by atoms with E-state index in [0.29, 0.717) is 6.07 Å². The zero-order valence-corrected chi connectivity index (χ0v) is 8.32. The van der Waals surface area contributed by atoms with E-state index in [4.69, 9.17) is 0 Å². The fourth-order valence-electron chi connectivity index (χ4n) is 1.03. The summed E-state index contributed by atoms with van der Waals surface area (Å²) >= 11 is 0. The molecule has 1 aromatic rings. The molecule has 0 fully saturated rings. The Hall–Kier alpha value is -2.19. The van der Waals surface area contributed by atoms with Crippen molar-refractivity contribution in [1.29, 1.82) is 0 Å². The topological polar surface area (TPSA) is 82.3 Å². The summed E-state index contributed by atoms with van der Waals surface area (Å²) in [4.78, 5) is 23.0. The molecule has 0 aliphatic carbocycles. The minimum Gasteiger partial charge on any atom is -0.464 e. The van der Waals surface area contributed by atoms with Crippen LogP contribution in [-0.4, -0.2) is 23.0 Å². The van der Waals surface area contributed by atoms with Crippen molar-refractivity contribution in [2.24, 2.45) is 0 Å². The highest BCUT2D eigenvalue weighted by molar-refractivity contribution is 5.87. The molecule has 0 aliphatic heterocycles. The molecule has 0 radical (unpaired) electrons. The predicted molar refractivity (Wildman–Crippen MR) is 47.2 cm³/mol. The highest BCUT2D eigenvalue weighted by atomic mass is 19.4. The van der Waals surface area contributed by atoms with Gasteiger partial charge in [-0.1, -0.05) is 0 Å². The number of alkyl halides is 3. The molecule has 0 aromatic carbocycles. The molecule has 0 amide bonds. The molecule has 0 atom stereocenters. The molecule has 0 spiro atoms. The van der Waals surface area contributed by atoms with Gasteiger partial charge in [-0.05, 0) is 6.07 Å². The number of carbonyl (C=O) groups is 1. The fraction of sp³-hybridized carbons (Fsp3) is 0.250. The Morgan fingerprint density at radius 2 is 2.06 bits per heavy atom. The molecule has 1 rings (SSSR count). The van der Waals surface area contributed by atoms with Gasteiger partial charge in [0.1, 0.15) is 5.69 Å². The number of carbonyl (C=O) groups excluding carboxylic acids is 1. The summed E-state index contributed by atoms with van der Waals surface area (Å²) in [6, 6.07) is 1.35. The van der Waals surface area contributed by atoms with E-state index in [9.17, 15) is 28.1 Å². The van der Waals surface area contributed by atoms with Crippen molar-refractivity contribution in [2.75, 3.05) is 7.11 Å². The van der Waals surface area contributed by atoms with Crippen LogP contribution in [-0.2, 0) is 10.9 Å². The Morgan fingerprint density at radius 1 is 1.47 bits per heavy atom. The van der Waals surface area contributed by atoms with Crippen LogP contribution in [0.1, 0.15) is 16.2 Å². The molecule has 0 saturated heterocycles. The average molecular weight is 250 g/mol. The largest absolute Gasteiger partial charge is 0.464 e. The number of rotatable bonds is 2. The molecule has 0 bridgehead atoms. The maximum absolute atomic E-state index is 12.4. The lowest BCUT2D eigenvalue weighted by atomic mass is 10.2. The van der Waals surface area contributed by atoms with Crippen LogP contribution in [0, 0.1) is 10.1 Å². The van der Waals surface area contributed by atoms with Gasteiger partial charge in [-0.3, -0.25) is 10.1 Å². The lowest BCUT2D eigenvalue weighted by molar-refractivity contribution is -0.388. The van der Waals surface area contributed by atoms with Crippen molar-refractivity contribution in [3.05, 3.63) is 33.6 Å². The first-order valence-corrected chi connectivity index (χ1v) is 4.08. The van der Waals surface area contributed by atoms with Gasteiger partial charge >= 0.3 is 12.1 Å². The van der Waals surface area contributed by atoms with Crippen LogP contribution in [0.25, 0.3) is 0 Å². The van der Waals surface area contributed by atoms with Gasteiger partial charge in [0.2, 0.25) is 5.69 Å². The number of hydrogen-bond donors (Lipinski definition) is 0. The smallest absolute Gasteiger partial charge is 0.440 e. The molecule has 0 N–H and O–H groups in total. The monoisotopic (exact) mass is 250 g/mol. The summed E-state index contributed by atoms with van der Waals surface area (Å²) < 4.78 is 41.5. The molecule has 0 unspecified atom stereocenters. The van der Waals surface area contributed by atoms with Crippen LogP contribution in [0.2, 0.25) is 0 Å². The van der Waals surface area contributed by atoms with Gasteiger partial charge < -0.3 is 4.74 Å². The van der Waals surface area contributed by atoms with Gasteiger partial charge in [-0.15, -0.1) is 0 Å². The number of methoxy groups -OCH3 is 1. The van der Waals surface area contributed by atoms with Crippen LogP contribution in [0.3, 0.4) is 0 Å².